The number of esters is 1. The standard InChI is InChI=1S/C9H6BrClF2O2/c1-15-8(14)9(12,13)5-2-3-6(10)7(11)4-5/h2-4H,1H3. The van der Waals surface area contributed by atoms with Gasteiger partial charge in [0.25, 0.3) is 0 Å². The molecule has 1 aromatic rings. The lowest BCUT2D eigenvalue weighted by Gasteiger charge is -2.14. The van der Waals surface area contributed by atoms with Crippen molar-refractivity contribution >= 4 is 33.5 Å². The summed E-state index contributed by atoms with van der Waals surface area (Å²) in [5, 5.41) is 0.107. The molecule has 0 aliphatic heterocycles. The maximum absolute atomic E-state index is 13.3. The first-order valence-electron chi connectivity index (χ1n) is 3.81. The average Bonchev–Trinajstić information content (AvgIpc) is 2.20. The summed E-state index contributed by atoms with van der Waals surface area (Å²) in [7, 11) is 0.900. The van der Waals surface area contributed by atoms with Crippen molar-refractivity contribution in [2.24, 2.45) is 0 Å². The average molecular weight is 299 g/mol. The Morgan fingerprint density at radius 2 is 2.13 bits per heavy atom. The van der Waals surface area contributed by atoms with Crippen molar-refractivity contribution in [1.82, 2.24) is 0 Å². The van der Waals surface area contributed by atoms with Crippen LogP contribution in [0.15, 0.2) is 22.7 Å². The van der Waals surface area contributed by atoms with Gasteiger partial charge in [-0.05, 0) is 28.1 Å². The first-order chi connectivity index (χ1) is 6.89. The van der Waals surface area contributed by atoms with E-state index in [9.17, 15) is 13.6 Å². The van der Waals surface area contributed by atoms with Gasteiger partial charge in [-0.3, -0.25) is 0 Å². The molecule has 6 heteroatoms. The Morgan fingerprint density at radius 3 is 2.60 bits per heavy atom. The van der Waals surface area contributed by atoms with Crippen molar-refractivity contribution in [2.45, 2.75) is 5.92 Å². The molecule has 0 aliphatic carbocycles. The van der Waals surface area contributed by atoms with E-state index in [1.807, 2.05) is 0 Å². The SMILES string of the molecule is COC(=O)C(F)(F)c1ccc(Br)c(Cl)c1. The lowest BCUT2D eigenvalue weighted by Crippen LogP contribution is -2.27. The summed E-state index contributed by atoms with van der Waals surface area (Å²) in [6.45, 7) is 0. The molecule has 0 saturated heterocycles. The van der Waals surface area contributed by atoms with Crippen LogP contribution in [0.2, 0.25) is 5.02 Å². The van der Waals surface area contributed by atoms with Crippen molar-refractivity contribution in [2.75, 3.05) is 7.11 Å². The topological polar surface area (TPSA) is 26.3 Å². The third-order valence-electron chi connectivity index (χ3n) is 1.72. The van der Waals surface area contributed by atoms with E-state index >= 15 is 0 Å². The molecule has 0 amide bonds. The Bertz CT molecular complexity index is 396. The number of ether oxygens (including phenoxy) is 1. The summed E-state index contributed by atoms with van der Waals surface area (Å²) < 4.78 is 31.1. The van der Waals surface area contributed by atoms with E-state index < -0.39 is 17.5 Å². The number of hydrogen-bond donors (Lipinski definition) is 0. The van der Waals surface area contributed by atoms with Gasteiger partial charge in [-0.25, -0.2) is 4.79 Å². The molecule has 0 fully saturated rings. The van der Waals surface area contributed by atoms with E-state index in [0.717, 1.165) is 19.2 Å². The second-order valence-electron chi connectivity index (χ2n) is 2.69. The van der Waals surface area contributed by atoms with Crippen molar-refractivity contribution in [3.05, 3.63) is 33.3 Å². The summed E-state index contributed by atoms with van der Waals surface area (Å²) in [6, 6.07) is 3.46. The molecular formula is C9H6BrClF2O2. The normalized spacial score (nSPS) is 11.3. The number of methoxy groups -OCH3 is 1. The lowest BCUT2D eigenvalue weighted by atomic mass is 10.1. The monoisotopic (exact) mass is 298 g/mol. The van der Waals surface area contributed by atoms with Crippen molar-refractivity contribution in [3.63, 3.8) is 0 Å². The van der Waals surface area contributed by atoms with Gasteiger partial charge >= 0.3 is 11.9 Å². The van der Waals surface area contributed by atoms with Crippen LogP contribution in [0.25, 0.3) is 0 Å². The van der Waals surface area contributed by atoms with E-state index in [1.54, 1.807) is 0 Å². The number of carbonyl (C=O) groups is 1. The highest BCUT2D eigenvalue weighted by Crippen LogP contribution is 2.33. The second kappa shape index (κ2) is 4.45. The molecule has 1 aromatic carbocycles. The fourth-order valence-corrected chi connectivity index (χ4v) is 1.36. The smallest absolute Gasteiger partial charge is 0.381 e. The molecule has 0 N–H and O–H groups in total. The highest BCUT2D eigenvalue weighted by atomic mass is 79.9. The van der Waals surface area contributed by atoms with Gasteiger partial charge in [0.2, 0.25) is 0 Å². The fraction of sp³-hybridized carbons (Fsp3) is 0.222. The zero-order chi connectivity index (χ0) is 11.6. The number of alkyl halides is 2. The molecule has 15 heavy (non-hydrogen) atoms. The summed E-state index contributed by atoms with van der Waals surface area (Å²) >= 11 is 8.69. The minimum Gasteiger partial charge on any atom is -0.464 e. The second-order valence-corrected chi connectivity index (χ2v) is 3.96. The molecule has 0 spiro atoms. The number of halogens is 4. The maximum atomic E-state index is 13.3. The van der Waals surface area contributed by atoms with Crippen LogP contribution in [-0.2, 0) is 15.5 Å². The number of hydrogen-bond acceptors (Lipinski definition) is 2. The molecule has 2 nitrogen and oxygen atoms in total. The third-order valence-corrected chi connectivity index (χ3v) is 2.96. The Hall–Kier alpha value is -0.680. The number of rotatable bonds is 2. The summed E-state index contributed by atoms with van der Waals surface area (Å²) in [4.78, 5) is 10.8. The molecule has 0 saturated carbocycles. The quantitative estimate of drug-likeness (QED) is 0.783. The Labute approximate surface area is 98.3 Å². The van der Waals surface area contributed by atoms with Crippen LogP contribution in [-0.4, -0.2) is 13.1 Å². The maximum Gasteiger partial charge on any atom is 0.381 e. The minimum absolute atomic E-state index is 0.107. The highest BCUT2D eigenvalue weighted by Gasteiger charge is 2.42. The van der Waals surface area contributed by atoms with Crippen LogP contribution in [0.4, 0.5) is 8.78 Å². The molecule has 0 atom stereocenters. The molecule has 0 unspecified atom stereocenters. The molecule has 82 valence electrons. The van der Waals surface area contributed by atoms with Crippen LogP contribution < -0.4 is 0 Å². The molecule has 0 radical (unpaired) electrons. The van der Waals surface area contributed by atoms with Gasteiger partial charge in [-0.2, -0.15) is 8.78 Å². The Morgan fingerprint density at radius 1 is 1.53 bits per heavy atom. The zero-order valence-electron chi connectivity index (χ0n) is 7.56. The van der Waals surface area contributed by atoms with E-state index in [2.05, 4.69) is 20.7 Å². The summed E-state index contributed by atoms with van der Waals surface area (Å²) in [5.74, 6) is -5.29. The van der Waals surface area contributed by atoms with Gasteiger partial charge < -0.3 is 4.74 Å². The van der Waals surface area contributed by atoms with Crippen LogP contribution in [0.3, 0.4) is 0 Å². The van der Waals surface area contributed by atoms with Crippen LogP contribution in [0.1, 0.15) is 5.56 Å². The third kappa shape index (κ3) is 2.46. The summed E-state index contributed by atoms with van der Waals surface area (Å²) in [5.41, 5.74) is -0.498. The molecule has 0 bridgehead atoms. The number of carbonyl (C=O) groups excluding carboxylic acids is 1. The van der Waals surface area contributed by atoms with Crippen molar-refractivity contribution in [3.8, 4) is 0 Å². The van der Waals surface area contributed by atoms with E-state index in [4.69, 9.17) is 11.6 Å². The predicted molar refractivity (Wildman–Crippen MR) is 55.1 cm³/mol. The fourth-order valence-electron chi connectivity index (χ4n) is 0.937. The van der Waals surface area contributed by atoms with Crippen molar-refractivity contribution < 1.29 is 18.3 Å². The summed E-state index contributed by atoms with van der Waals surface area (Å²) in [6.07, 6.45) is 0. The van der Waals surface area contributed by atoms with Crippen LogP contribution in [0, 0.1) is 0 Å². The molecule has 0 aromatic heterocycles. The molecule has 1 rings (SSSR count). The highest BCUT2D eigenvalue weighted by molar-refractivity contribution is 9.10. The van der Waals surface area contributed by atoms with Gasteiger partial charge in [-0.1, -0.05) is 17.7 Å². The first-order valence-corrected chi connectivity index (χ1v) is 4.98. The number of benzene rings is 1. The zero-order valence-corrected chi connectivity index (χ0v) is 9.90. The minimum atomic E-state index is -3.68. The van der Waals surface area contributed by atoms with E-state index in [0.29, 0.717) is 4.47 Å². The van der Waals surface area contributed by atoms with Gasteiger partial charge in [0.05, 0.1) is 12.1 Å². The van der Waals surface area contributed by atoms with Gasteiger partial charge in [0.15, 0.2) is 0 Å². The van der Waals surface area contributed by atoms with Gasteiger partial charge in [0.1, 0.15) is 0 Å². The van der Waals surface area contributed by atoms with Crippen molar-refractivity contribution in [1.29, 1.82) is 0 Å². The van der Waals surface area contributed by atoms with Crippen LogP contribution in [0.5, 0.6) is 0 Å². The lowest BCUT2D eigenvalue weighted by molar-refractivity contribution is -0.170. The van der Waals surface area contributed by atoms with E-state index in [-0.39, 0.29) is 5.02 Å². The molecule has 0 aliphatic rings. The largest absolute Gasteiger partial charge is 0.464 e. The van der Waals surface area contributed by atoms with Gasteiger partial charge in [0, 0.05) is 10.0 Å². The van der Waals surface area contributed by atoms with Gasteiger partial charge in [-0.15, -0.1) is 0 Å². The Balaban J connectivity index is 3.16. The predicted octanol–water partition coefficient (Wildman–Crippen LogP) is 3.37. The first kappa shape index (κ1) is 12.4. The molecule has 0 heterocycles. The van der Waals surface area contributed by atoms with Crippen LogP contribution >= 0.6 is 27.5 Å². The molecular weight excluding hydrogens is 293 g/mol. The van der Waals surface area contributed by atoms with E-state index in [1.165, 1.54) is 6.07 Å². The Kier molecular flexibility index (Phi) is 3.67.